The van der Waals surface area contributed by atoms with Crippen LogP contribution in [-0.4, -0.2) is 29.7 Å². The number of rotatable bonds is 3. The predicted octanol–water partition coefficient (Wildman–Crippen LogP) is 2.82. The molecule has 1 heterocycles. The van der Waals surface area contributed by atoms with Crippen LogP contribution in [0.4, 0.5) is 5.69 Å². The molecule has 118 valence electrons. The lowest BCUT2D eigenvalue weighted by Crippen LogP contribution is -2.40. The molecule has 0 saturated carbocycles. The van der Waals surface area contributed by atoms with Crippen LogP contribution in [0.5, 0.6) is 11.5 Å². The van der Waals surface area contributed by atoms with E-state index in [1.54, 1.807) is 18.2 Å². The van der Waals surface area contributed by atoms with E-state index in [9.17, 15) is 9.59 Å². The van der Waals surface area contributed by atoms with Crippen LogP contribution in [0, 0.1) is 0 Å². The molecule has 2 aromatic rings. The highest BCUT2D eigenvalue weighted by atomic mass is 35.5. The van der Waals surface area contributed by atoms with E-state index in [0.29, 0.717) is 11.5 Å². The standard InChI is InChI=1S/C16H12ClNO5/c17-10-5-9(16(20)21)6-11(7-10)18-15(19)14-8-22-12-3-1-2-4-13(12)23-14/h1-7,14H,8H2,(H,18,19)(H,20,21). The van der Waals surface area contributed by atoms with Crippen LogP contribution in [-0.2, 0) is 4.79 Å². The minimum absolute atomic E-state index is 0.0149. The molecule has 1 unspecified atom stereocenters. The van der Waals surface area contributed by atoms with Gasteiger partial charge < -0.3 is 19.9 Å². The Balaban J connectivity index is 1.74. The van der Waals surface area contributed by atoms with Crippen LogP contribution in [0.1, 0.15) is 10.4 Å². The summed E-state index contributed by atoms with van der Waals surface area (Å²) in [6.07, 6.45) is -0.836. The van der Waals surface area contributed by atoms with Gasteiger partial charge in [0.25, 0.3) is 5.91 Å². The van der Waals surface area contributed by atoms with Gasteiger partial charge in [0.05, 0.1) is 5.56 Å². The molecule has 1 aliphatic heterocycles. The lowest BCUT2D eigenvalue weighted by molar-refractivity contribution is -0.125. The normalized spacial score (nSPS) is 15.8. The van der Waals surface area contributed by atoms with Crippen molar-refractivity contribution in [2.24, 2.45) is 0 Å². The van der Waals surface area contributed by atoms with E-state index < -0.39 is 18.0 Å². The summed E-state index contributed by atoms with van der Waals surface area (Å²) in [6, 6.07) is 11.1. The zero-order valence-corrected chi connectivity index (χ0v) is 12.5. The van der Waals surface area contributed by atoms with Crippen LogP contribution < -0.4 is 14.8 Å². The predicted molar refractivity (Wildman–Crippen MR) is 83.4 cm³/mol. The molecule has 0 bridgehead atoms. The molecule has 3 rings (SSSR count). The van der Waals surface area contributed by atoms with Gasteiger partial charge in [-0.05, 0) is 30.3 Å². The fraction of sp³-hybridized carbons (Fsp3) is 0.125. The average molecular weight is 334 g/mol. The molecule has 1 atom stereocenters. The third kappa shape index (κ3) is 3.37. The molecule has 7 heteroatoms. The number of carboxylic acids is 1. The molecule has 2 N–H and O–H groups in total. The van der Waals surface area contributed by atoms with Gasteiger partial charge in [0.15, 0.2) is 11.5 Å². The Bertz CT molecular complexity index is 777. The number of para-hydroxylation sites is 2. The lowest BCUT2D eigenvalue weighted by Gasteiger charge is -2.25. The van der Waals surface area contributed by atoms with E-state index in [1.807, 2.05) is 6.07 Å². The number of anilines is 1. The van der Waals surface area contributed by atoms with E-state index in [-0.39, 0.29) is 22.9 Å². The fourth-order valence-electron chi connectivity index (χ4n) is 2.16. The van der Waals surface area contributed by atoms with Crippen molar-refractivity contribution < 1.29 is 24.2 Å². The Morgan fingerprint density at radius 1 is 1.17 bits per heavy atom. The summed E-state index contributed by atoms with van der Waals surface area (Å²) in [4.78, 5) is 23.3. The van der Waals surface area contributed by atoms with Crippen molar-refractivity contribution in [3.8, 4) is 11.5 Å². The van der Waals surface area contributed by atoms with Crippen LogP contribution in [0.3, 0.4) is 0 Å². The summed E-state index contributed by atoms with van der Waals surface area (Å²) in [5.74, 6) is -0.518. The maximum Gasteiger partial charge on any atom is 0.335 e. The van der Waals surface area contributed by atoms with Gasteiger partial charge in [0, 0.05) is 10.7 Å². The Hall–Kier alpha value is -2.73. The van der Waals surface area contributed by atoms with Crippen molar-refractivity contribution in [2.45, 2.75) is 6.10 Å². The lowest BCUT2D eigenvalue weighted by atomic mass is 10.2. The minimum atomic E-state index is -1.13. The SMILES string of the molecule is O=C(O)c1cc(Cl)cc(NC(=O)C2COc3ccccc3O2)c1. The van der Waals surface area contributed by atoms with Gasteiger partial charge in [-0.1, -0.05) is 23.7 Å². The van der Waals surface area contributed by atoms with Crippen molar-refractivity contribution in [2.75, 3.05) is 11.9 Å². The van der Waals surface area contributed by atoms with Crippen molar-refractivity contribution in [3.05, 3.63) is 53.1 Å². The second kappa shape index (κ2) is 6.18. The molecule has 0 radical (unpaired) electrons. The number of hydrogen-bond acceptors (Lipinski definition) is 4. The zero-order chi connectivity index (χ0) is 16.4. The van der Waals surface area contributed by atoms with E-state index >= 15 is 0 Å². The summed E-state index contributed by atoms with van der Waals surface area (Å²) in [5, 5.41) is 11.8. The molecule has 2 aromatic carbocycles. The Morgan fingerprint density at radius 2 is 1.91 bits per heavy atom. The summed E-state index contributed by atoms with van der Waals surface area (Å²) >= 11 is 5.86. The number of carbonyl (C=O) groups excluding carboxylic acids is 1. The van der Waals surface area contributed by atoms with E-state index in [2.05, 4.69) is 5.32 Å². The fourth-order valence-corrected chi connectivity index (χ4v) is 2.39. The molecule has 0 spiro atoms. The zero-order valence-electron chi connectivity index (χ0n) is 11.8. The van der Waals surface area contributed by atoms with Crippen molar-refractivity contribution in [1.29, 1.82) is 0 Å². The summed E-state index contributed by atoms with van der Waals surface area (Å²) < 4.78 is 11.1. The van der Waals surface area contributed by atoms with Crippen LogP contribution in [0.25, 0.3) is 0 Å². The third-order valence-electron chi connectivity index (χ3n) is 3.21. The number of carboxylic acid groups (broad SMARTS) is 1. The van der Waals surface area contributed by atoms with Gasteiger partial charge >= 0.3 is 5.97 Å². The van der Waals surface area contributed by atoms with E-state index in [4.69, 9.17) is 26.2 Å². The molecule has 1 amide bonds. The van der Waals surface area contributed by atoms with Crippen LogP contribution in [0.2, 0.25) is 5.02 Å². The Labute approximate surface area is 136 Å². The van der Waals surface area contributed by atoms with Crippen LogP contribution in [0.15, 0.2) is 42.5 Å². The number of ether oxygens (including phenoxy) is 2. The molecule has 0 aliphatic carbocycles. The summed E-state index contributed by atoms with van der Waals surface area (Å²) in [5.41, 5.74) is 0.265. The monoisotopic (exact) mass is 333 g/mol. The number of fused-ring (bicyclic) bond motifs is 1. The van der Waals surface area contributed by atoms with Gasteiger partial charge in [-0.15, -0.1) is 0 Å². The average Bonchev–Trinajstić information content (AvgIpc) is 2.53. The second-order valence-corrected chi connectivity index (χ2v) is 5.32. The highest BCUT2D eigenvalue weighted by Crippen LogP contribution is 2.31. The number of aromatic carboxylic acids is 1. The quantitative estimate of drug-likeness (QED) is 0.902. The van der Waals surface area contributed by atoms with Crippen LogP contribution >= 0.6 is 11.6 Å². The van der Waals surface area contributed by atoms with E-state index in [0.717, 1.165) is 0 Å². The molecule has 1 aliphatic rings. The van der Waals surface area contributed by atoms with Gasteiger partial charge in [0.2, 0.25) is 6.10 Å². The minimum Gasteiger partial charge on any atom is -0.485 e. The number of hydrogen-bond donors (Lipinski definition) is 2. The van der Waals surface area contributed by atoms with Crippen molar-refractivity contribution in [1.82, 2.24) is 0 Å². The molecule has 0 saturated heterocycles. The maximum absolute atomic E-state index is 12.3. The first-order valence-electron chi connectivity index (χ1n) is 6.76. The number of carbonyl (C=O) groups is 2. The Kier molecular flexibility index (Phi) is 4.08. The maximum atomic E-state index is 12.3. The first-order valence-corrected chi connectivity index (χ1v) is 7.14. The second-order valence-electron chi connectivity index (χ2n) is 4.89. The smallest absolute Gasteiger partial charge is 0.335 e. The highest BCUT2D eigenvalue weighted by Gasteiger charge is 2.27. The number of nitrogens with one attached hydrogen (secondary N) is 1. The topological polar surface area (TPSA) is 84.9 Å². The number of halogens is 1. The first-order chi connectivity index (χ1) is 11.0. The van der Waals surface area contributed by atoms with Gasteiger partial charge in [0.1, 0.15) is 6.61 Å². The molecular weight excluding hydrogens is 322 g/mol. The first kappa shape index (κ1) is 15.2. The molecule has 0 aromatic heterocycles. The van der Waals surface area contributed by atoms with E-state index in [1.165, 1.54) is 18.2 Å². The molecule has 23 heavy (non-hydrogen) atoms. The van der Waals surface area contributed by atoms with Crippen molar-refractivity contribution >= 4 is 29.2 Å². The number of amides is 1. The van der Waals surface area contributed by atoms with Crippen molar-refractivity contribution in [3.63, 3.8) is 0 Å². The number of benzene rings is 2. The highest BCUT2D eigenvalue weighted by molar-refractivity contribution is 6.31. The summed E-state index contributed by atoms with van der Waals surface area (Å²) in [6.45, 7) is 0.0647. The van der Waals surface area contributed by atoms with Gasteiger partial charge in [-0.2, -0.15) is 0 Å². The van der Waals surface area contributed by atoms with Gasteiger partial charge in [-0.3, -0.25) is 4.79 Å². The van der Waals surface area contributed by atoms with Gasteiger partial charge in [-0.25, -0.2) is 4.79 Å². The Morgan fingerprint density at radius 3 is 2.65 bits per heavy atom. The molecule has 0 fully saturated rings. The third-order valence-corrected chi connectivity index (χ3v) is 3.43. The summed E-state index contributed by atoms with van der Waals surface area (Å²) in [7, 11) is 0. The molecular formula is C16H12ClNO5. The molecule has 6 nitrogen and oxygen atoms in total. The largest absolute Gasteiger partial charge is 0.485 e.